The Labute approximate surface area is 106 Å². The van der Waals surface area contributed by atoms with Gasteiger partial charge in [0, 0.05) is 12.0 Å². The van der Waals surface area contributed by atoms with Crippen molar-refractivity contribution in [2.24, 2.45) is 5.41 Å². The van der Waals surface area contributed by atoms with Crippen molar-refractivity contribution >= 4 is 11.9 Å². The van der Waals surface area contributed by atoms with Gasteiger partial charge in [0.05, 0.1) is 12.2 Å². The van der Waals surface area contributed by atoms with Crippen molar-refractivity contribution in [3.05, 3.63) is 11.1 Å². The summed E-state index contributed by atoms with van der Waals surface area (Å²) in [5.41, 5.74) is -0.311. The molecule has 6 heteroatoms. The number of nitrogens with one attached hydrogen (secondary N) is 1. The number of carbonyl (C=O) groups excluding carboxylic acids is 1. The molecule has 0 bridgehead atoms. The van der Waals surface area contributed by atoms with E-state index in [1.54, 1.807) is 13.8 Å². The molecule has 0 aliphatic heterocycles. The summed E-state index contributed by atoms with van der Waals surface area (Å²) >= 11 is 0. The molecule has 0 rings (SSSR count). The summed E-state index contributed by atoms with van der Waals surface area (Å²) in [6.07, 6.45) is -1.39. The van der Waals surface area contributed by atoms with Crippen molar-refractivity contribution in [3.63, 3.8) is 0 Å². The molecule has 4 N–H and O–H groups in total. The van der Waals surface area contributed by atoms with Gasteiger partial charge in [-0.25, -0.2) is 4.79 Å². The van der Waals surface area contributed by atoms with Crippen molar-refractivity contribution < 1.29 is 24.9 Å². The number of amides is 1. The van der Waals surface area contributed by atoms with Crippen molar-refractivity contribution in [1.29, 1.82) is 0 Å². The van der Waals surface area contributed by atoms with Crippen LogP contribution in [0.4, 0.5) is 0 Å². The van der Waals surface area contributed by atoms with Gasteiger partial charge in [0.1, 0.15) is 6.10 Å². The third-order valence-electron chi connectivity index (χ3n) is 2.70. The highest BCUT2D eigenvalue weighted by molar-refractivity contribution is 5.89. The molecule has 0 aromatic carbocycles. The van der Waals surface area contributed by atoms with Crippen LogP contribution in [-0.4, -0.2) is 46.5 Å². The second kappa shape index (κ2) is 6.51. The molecule has 0 aliphatic carbocycles. The van der Waals surface area contributed by atoms with Crippen LogP contribution >= 0.6 is 0 Å². The Morgan fingerprint density at radius 2 is 1.78 bits per heavy atom. The molecule has 1 amide bonds. The van der Waals surface area contributed by atoms with E-state index in [-0.39, 0.29) is 18.7 Å². The smallest absolute Gasteiger partial charge is 0.333 e. The van der Waals surface area contributed by atoms with Crippen molar-refractivity contribution in [2.75, 3.05) is 13.2 Å². The van der Waals surface area contributed by atoms with Gasteiger partial charge in [0.2, 0.25) is 5.91 Å². The predicted molar refractivity (Wildman–Crippen MR) is 65.9 cm³/mol. The molecular formula is C12H21NO5. The number of aliphatic carboxylic acids is 1. The van der Waals surface area contributed by atoms with Gasteiger partial charge in [-0.15, -0.1) is 0 Å². The normalized spacial score (nSPS) is 12.8. The zero-order valence-corrected chi connectivity index (χ0v) is 11.1. The fourth-order valence-electron chi connectivity index (χ4n) is 1.18. The van der Waals surface area contributed by atoms with Gasteiger partial charge in [0.25, 0.3) is 0 Å². The average molecular weight is 259 g/mol. The number of carboxylic acid groups (broad SMARTS) is 1. The number of aliphatic hydroxyl groups is 2. The summed E-state index contributed by atoms with van der Waals surface area (Å²) in [4.78, 5) is 22.5. The van der Waals surface area contributed by atoms with Crippen LogP contribution < -0.4 is 5.32 Å². The summed E-state index contributed by atoms with van der Waals surface area (Å²) in [7, 11) is 0. The van der Waals surface area contributed by atoms with Crippen molar-refractivity contribution in [3.8, 4) is 0 Å². The minimum absolute atomic E-state index is 0.0809. The van der Waals surface area contributed by atoms with Crippen LogP contribution in [-0.2, 0) is 9.59 Å². The number of carbonyl (C=O) groups is 2. The molecular weight excluding hydrogens is 238 g/mol. The van der Waals surface area contributed by atoms with Crippen molar-refractivity contribution in [2.45, 2.75) is 33.8 Å². The van der Waals surface area contributed by atoms with Gasteiger partial charge < -0.3 is 20.6 Å². The number of aliphatic hydroxyl groups excluding tert-OH is 2. The number of hydrogen-bond acceptors (Lipinski definition) is 4. The van der Waals surface area contributed by atoms with E-state index < -0.39 is 23.4 Å². The maximum atomic E-state index is 11.6. The molecule has 18 heavy (non-hydrogen) atoms. The topological polar surface area (TPSA) is 107 Å². The first-order valence-corrected chi connectivity index (χ1v) is 5.59. The fourth-order valence-corrected chi connectivity index (χ4v) is 1.18. The molecule has 104 valence electrons. The van der Waals surface area contributed by atoms with Crippen LogP contribution in [0.15, 0.2) is 11.1 Å². The van der Waals surface area contributed by atoms with Crippen molar-refractivity contribution in [1.82, 2.24) is 5.32 Å². The van der Waals surface area contributed by atoms with Gasteiger partial charge in [-0.05, 0) is 13.8 Å². The molecule has 0 saturated carbocycles. The van der Waals surface area contributed by atoms with Crippen LogP contribution in [0.2, 0.25) is 0 Å². The Balaban J connectivity index is 4.62. The maximum Gasteiger partial charge on any atom is 0.333 e. The molecule has 1 atom stereocenters. The highest BCUT2D eigenvalue weighted by Gasteiger charge is 2.33. The van der Waals surface area contributed by atoms with Crippen LogP contribution in [0.5, 0.6) is 0 Å². The quantitative estimate of drug-likeness (QED) is 0.498. The SMILES string of the molecule is CC(C)=C(CNC(=O)[C@@H](O)C(C)(C)CO)C(=O)O. The van der Waals surface area contributed by atoms with E-state index >= 15 is 0 Å². The molecule has 0 spiro atoms. The number of rotatable bonds is 6. The van der Waals surface area contributed by atoms with Gasteiger partial charge in [-0.3, -0.25) is 4.79 Å². The lowest BCUT2D eigenvalue weighted by Crippen LogP contribution is -2.46. The second-order valence-corrected chi connectivity index (χ2v) is 5.05. The third kappa shape index (κ3) is 4.46. The highest BCUT2D eigenvalue weighted by Crippen LogP contribution is 2.19. The molecule has 0 heterocycles. The lowest BCUT2D eigenvalue weighted by molar-refractivity contribution is -0.137. The minimum Gasteiger partial charge on any atom is -0.478 e. The highest BCUT2D eigenvalue weighted by atomic mass is 16.4. The summed E-state index contributed by atoms with van der Waals surface area (Å²) in [6.45, 7) is 5.82. The molecule has 0 fully saturated rings. The molecule has 6 nitrogen and oxygen atoms in total. The molecule has 0 aromatic heterocycles. The zero-order valence-electron chi connectivity index (χ0n) is 11.1. The Bertz CT molecular complexity index is 355. The van der Waals surface area contributed by atoms with E-state index in [0.29, 0.717) is 5.57 Å². The molecule has 0 radical (unpaired) electrons. The summed E-state index contributed by atoms with van der Waals surface area (Å²) in [5.74, 6) is -1.81. The Kier molecular flexibility index (Phi) is 6.00. The Morgan fingerprint density at radius 1 is 1.28 bits per heavy atom. The molecule has 0 unspecified atom stereocenters. The van der Waals surface area contributed by atoms with Gasteiger partial charge in [-0.1, -0.05) is 19.4 Å². The Hall–Kier alpha value is -1.40. The molecule has 0 saturated heterocycles. The maximum absolute atomic E-state index is 11.6. The first-order valence-electron chi connectivity index (χ1n) is 5.59. The largest absolute Gasteiger partial charge is 0.478 e. The lowest BCUT2D eigenvalue weighted by atomic mass is 9.87. The second-order valence-electron chi connectivity index (χ2n) is 5.05. The van der Waals surface area contributed by atoms with Gasteiger partial charge >= 0.3 is 5.97 Å². The molecule has 0 aliphatic rings. The third-order valence-corrected chi connectivity index (χ3v) is 2.70. The van der Waals surface area contributed by atoms with Crippen LogP contribution in [0.1, 0.15) is 27.7 Å². The first kappa shape index (κ1) is 16.6. The summed E-state index contributed by atoms with van der Waals surface area (Å²) in [6, 6.07) is 0. The summed E-state index contributed by atoms with van der Waals surface area (Å²) < 4.78 is 0. The van der Waals surface area contributed by atoms with Gasteiger partial charge in [0.15, 0.2) is 0 Å². The Morgan fingerprint density at radius 3 is 2.11 bits per heavy atom. The van der Waals surface area contributed by atoms with E-state index in [1.165, 1.54) is 13.8 Å². The number of hydrogen-bond donors (Lipinski definition) is 4. The van der Waals surface area contributed by atoms with Crippen LogP contribution in [0.25, 0.3) is 0 Å². The number of allylic oxidation sites excluding steroid dienone is 1. The number of carboxylic acids is 1. The summed E-state index contributed by atoms with van der Waals surface area (Å²) in [5, 5.41) is 30.0. The van der Waals surface area contributed by atoms with Crippen LogP contribution in [0, 0.1) is 5.41 Å². The molecule has 0 aromatic rings. The average Bonchev–Trinajstić information content (AvgIpc) is 2.26. The predicted octanol–water partition coefficient (Wildman–Crippen LogP) is -0.0970. The zero-order chi connectivity index (χ0) is 14.5. The fraction of sp³-hybridized carbons (Fsp3) is 0.667. The van der Waals surface area contributed by atoms with E-state index in [1.807, 2.05) is 0 Å². The van der Waals surface area contributed by atoms with Crippen LogP contribution in [0.3, 0.4) is 0 Å². The van der Waals surface area contributed by atoms with E-state index in [0.717, 1.165) is 0 Å². The monoisotopic (exact) mass is 259 g/mol. The first-order chi connectivity index (χ1) is 8.13. The van der Waals surface area contributed by atoms with E-state index in [2.05, 4.69) is 5.32 Å². The van der Waals surface area contributed by atoms with Gasteiger partial charge in [-0.2, -0.15) is 0 Å². The van der Waals surface area contributed by atoms with E-state index in [4.69, 9.17) is 10.2 Å². The minimum atomic E-state index is -1.39. The standard InChI is InChI=1S/C12H21NO5/c1-7(2)8(11(17)18)5-13-10(16)9(15)12(3,4)6-14/h9,14-15H,5-6H2,1-4H3,(H,13,16)(H,17,18)/t9-/m1/s1. The lowest BCUT2D eigenvalue weighted by Gasteiger charge is -2.27. The van der Waals surface area contributed by atoms with E-state index in [9.17, 15) is 14.7 Å².